The van der Waals surface area contributed by atoms with E-state index in [1.54, 1.807) is 0 Å². The van der Waals surface area contributed by atoms with Gasteiger partial charge in [0, 0.05) is 11.1 Å². The molecule has 0 saturated carbocycles. The van der Waals surface area contributed by atoms with Gasteiger partial charge in [0.2, 0.25) is 0 Å². The molecule has 0 unspecified atom stereocenters. The molecule has 0 amide bonds. The van der Waals surface area contributed by atoms with Crippen molar-refractivity contribution >= 4 is 5.78 Å². The summed E-state index contributed by atoms with van der Waals surface area (Å²) in [4.78, 5) is 12.3. The largest absolute Gasteiger partial charge is 0.289 e. The highest BCUT2D eigenvalue weighted by Gasteiger charge is 2.19. The van der Waals surface area contributed by atoms with Crippen LogP contribution < -0.4 is 0 Å². The molecule has 2 aromatic rings. The Morgan fingerprint density at radius 3 is 1.69 bits per heavy atom. The van der Waals surface area contributed by atoms with Crippen LogP contribution in [0.4, 0.5) is 0 Å². The number of ketones is 1. The molecule has 0 aromatic heterocycles. The lowest BCUT2D eigenvalue weighted by Gasteiger charge is -2.03. The van der Waals surface area contributed by atoms with Crippen LogP contribution in [0.5, 0.6) is 0 Å². The summed E-state index contributed by atoms with van der Waals surface area (Å²) in [5.74, 6) is 0.170. The van der Waals surface area contributed by atoms with E-state index in [0.29, 0.717) is 0 Å². The molecule has 0 N–H and O–H groups in total. The van der Waals surface area contributed by atoms with Crippen LogP contribution in [-0.2, 0) is 12.8 Å². The number of rotatable bonds is 0. The maximum atomic E-state index is 12.3. The highest BCUT2D eigenvalue weighted by molar-refractivity contribution is 6.11. The summed E-state index contributed by atoms with van der Waals surface area (Å²) in [6.45, 7) is 0. The highest BCUT2D eigenvalue weighted by atomic mass is 16.3. The Hall–Kier alpha value is -1.89. The van der Waals surface area contributed by atoms with Crippen molar-refractivity contribution in [2.45, 2.75) is 12.8 Å². The topological polar surface area (TPSA) is 17.1 Å². The molecule has 0 aliphatic heterocycles. The number of carbonyl (C=O) groups excluding carboxylic acids is 1. The molecule has 0 fully saturated rings. The van der Waals surface area contributed by atoms with E-state index in [9.17, 15) is 4.79 Å². The molecule has 1 heteroatoms. The maximum absolute atomic E-state index is 12.3. The Balaban J connectivity index is 2.22. The van der Waals surface area contributed by atoms with Gasteiger partial charge < -0.3 is 0 Å². The van der Waals surface area contributed by atoms with Crippen molar-refractivity contribution in [3.8, 4) is 0 Å². The molecule has 0 heterocycles. The number of hydrogen-bond donors (Lipinski definition) is 0. The molecule has 0 saturated heterocycles. The van der Waals surface area contributed by atoms with Gasteiger partial charge in [0.1, 0.15) is 0 Å². The molecule has 1 aliphatic carbocycles. The number of benzene rings is 2. The Labute approximate surface area is 94.7 Å². The van der Waals surface area contributed by atoms with Crippen LogP contribution in [0.3, 0.4) is 0 Å². The van der Waals surface area contributed by atoms with E-state index in [2.05, 4.69) is 12.1 Å². The van der Waals surface area contributed by atoms with Crippen molar-refractivity contribution < 1.29 is 4.79 Å². The summed E-state index contributed by atoms with van der Waals surface area (Å²) in [6, 6.07) is 15.8. The van der Waals surface area contributed by atoms with Gasteiger partial charge in [0.25, 0.3) is 0 Å². The maximum Gasteiger partial charge on any atom is 0.193 e. The summed E-state index contributed by atoms with van der Waals surface area (Å²) >= 11 is 0. The average molecular weight is 210 g/mol. The van der Waals surface area contributed by atoms with Gasteiger partial charge >= 0.3 is 0 Å². The fourth-order valence-corrected chi connectivity index (χ4v) is 2.33. The summed E-state index contributed by atoms with van der Waals surface area (Å²) in [6.07, 6.45) is 1.91. The molecule has 2 aromatic carbocycles. The minimum absolute atomic E-state index is 0.170. The van der Waals surface area contributed by atoms with Crippen LogP contribution in [0.25, 0.3) is 0 Å². The SMILES string of the molecule is O=[14C]1c2ccccc2CCc2ccccc21. The molecule has 1 nitrogen and oxygen atoms in total. The summed E-state index contributed by atoms with van der Waals surface area (Å²) in [7, 11) is 0. The van der Waals surface area contributed by atoms with E-state index < -0.39 is 0 Å². The smallest absolute Gasteiger partial charge is 0.193 e. The second-order valence-corrected chi connectivity index (χ2v) is 4.14. The van der Waals surface area contributed by atoms with Crippen LogP contribution in [0.1, 0.15) is 27.0 Å². The summed E-state index contributed by atoms with van der Waals surface area (Å²) < 4.78 is 0. The van der Waals surface area contributed by atoms with E-state index in [0.717, 1.165) is 24.0 Å². The fraction of sp³-hybridized carbons (Fsp3) is 0.133. The van der Waals surface area contributed by atoms with Crippen molar-refractivity contribution in [1.82, 2.24) is 0 Å². The van der Waals surface area contributed by atoms with Crippen LogP contribution in [0.15, 0.2) is 48.5 Å². The Bertz CT molecular complexity index is 505. The lowest BCUT2D eigenvalue weighted by atomic mass is 10.0. The molecule has 0 atom stereocenters. The van der Waals surface area contributed by atoms with Crippen molar-refractivity contribution in [2.24, 2.45) is 0 Å². The van der Waals surface area contributed by atoms with Gasteiger partial charge in [-0.25, -0.2) is 0 Å². The minimum Gasteiger partial charge on any atom is -0.289 e. The van der Waals surface area contributed by atoms with Gasteiger partial charge in [0.05, 0.1) is 0 Å². The minimum atomic E-state index is 0.170. The molecule has 1 aliphatic rings. The number of fused-ring (bicyclic) bond motifs is 2. The molecule has 0 bridgehead atoms. The quantitative estimate of drug-likeness (QED) is 0.653. The molecule has 0 radical (unpaired) electrons. The first-order valence-corrected chi connectivity index (χ1v) is 5.57. The molecule has 16 heavy (non-hydrogen) atoms. The van der Waals surface area contributed by atoms with Gasteiger partial charge in [-0.05, 0) is 24.0 Å². The third kappa shape index (κ3) is 1.36. The Kier molecular flexibility index (Phi) is 2.10. The van der Waals surface area contributed by atoms with E-state index in [1.165, 1.54) is 11.1 Å². The zero-order valence-corrected chi connectivity index (χ0v) is 8.94. The Morgan fingerprint density at radius 1 is 0.750 bits per heavy atom. The van der Waals surface area contributed by atoms with E-state index >= 15 is 0 Å². The molecule has 78 valence electrons. The van der Waals surface area contributed by atoms with E-state index in [1.807, 2.05) is 36.4 Å². The molecule has 0 spiro atoms. The van der Waals surface area contributed by atoms with Crippen molar-refractivity contribution in [3.63, 3.8) is 0 Å². The third-order valence-electron chi connectivity index (χ3n) is 3.19. The van der Waals surface area contributed by atoms with Crippen LogP contribution >= 0.6 is 0 Å². The van der Waals surface area contributed by atoms with Gasteiger partial charge in [-0.1, -0.05) is 48.5 Å². The second kappa shape index (κ2) is 3.60. The van der Waals surface area contributed by atoms with Crippen molar-refractivity contribution in [1.29, 1.82) is 0 Å². The summed E-state index contributed by atoms with van der Waals surface area (Å²) in [5, 5.41) is 0. The molecule has 3 rings (SSSR count). The summed E-state index contributed by atoms with van der Waals surface area (Å²) in [5.41, 5.74) is 4.08. The zero-order valence-electron chi connectivity index (χ0n) is 8.94. The molecular formula is C15H12O. The second-order valence-electron chi connectivity index (χ2n) is 4.14. The standard InChI is InChI=1S/C15H12O/c16-15-13-7-3-1-5-11(13)9-10-12-6-2-4-8-14(12)15/h1-8H,9-10H2/i15+2. The normalized spacial score (nSPS) is 13.9. The molecular weight excluding hydrogens is 198 g/mol. The van der Waals surface area contributed by atoms with Gasteiger partial charge in [-0.3, -0.25) is 4.79 Å². The third-order valence-corrected chi connectivity index (χ3v) is 3.19. The highest BCUT2D eigenvalue weighted by Crippen LogP contribution is 2.23. The number of carbonyl (C=O) groups is 1. The monoisotopic (exact) mass is 210 g/mol. The van der Waals surface area contributed by atoms with Crippen LogP contribution in [0, 0.1) is 0 Å². The average Bonchev–Trinajstić information content (AvgIpc) is 2.49. The van der Waals surface area contributed by atoms with Crippen molar-refractivity contribution in [3.05, 3.63) is 70.8 Å². The Morgan fingerprint density at radius 2 is 1.19 bits per heavy atom. The zero-order chi connectivity index (χ0) is 11.0. The van der Waals surface area contributed by atoms with Crippen LogP contribution in [0.2, 0.25) is 0 Å². The van der Waals surface area contributed by atoms with Crippen molar-refractivity contribution in [2.75, 3.05) is 0 Å². The first-order valence-electron chi connectivity index (χ1n) is 5.57. The lowest BCUT2D eigenvalue weighted by molar-refractivity contribution is 0.103. The van der Waals surface area contributed by atoms with Crippen LogP contribution in [-0.4, -0.2) is 5.78 Å². The van der Waals surface area contributed by atoms with E-state index in [4.69, 9.17) is 0 Å². The predicted molar refractivity (Wildman–Crippen MR) is 63.7 cm³/mol. The van der Waals surface area contributed by atoms with Gasteiger partial charge in [0.15, 0.2) is 5.78 Å². The number of aryl methyl sites for hydroxylation is 2. The predicted octanol–water partition coefficient (Wildman–Crippen LogP) is 3.02. The van der Waals surface area contributed by atoms with Gasteiger partial charge in [-0.2, -0.15) is 0 Å². The van der Waals surface area contributed by atoms with E-state index in [-0.39, 0.29) is 5.78 Å². The first kappa shape index (κ1) is 9.34. The first-order chi connectivity index (χ1) is 7.86. The fourth-order valence-electron chi connectivity index (χ4n) is 2.33. The lowest BCUT2D eigenvalue weighted by Crippen LogP contribution is -2.03. The van der Waals surface area contributed by atoms with Gasteiger partial charge in [-0.15, -0.1) is 0 Å². The number of hydrogen-bond acceptors (Lipinski definition) is 1.